The fourth-order valence-electron chi connectivity index (χ4n) is 2.47. The van der Waals surface area contributed by atoms with Crippen LogP contribution in [0, 0.1) is 0 Å². The number of nitrogens with one attached hydrogen (secondary N) is 3. The first-order valence-electron chi connectivity index (χ1n) is 8.11. The number of amides is 1. The Morgan fingerprint density at radius 1 is 1.07 bits per heavy atom. The third-order valence-corrected chi connectivity index (χ3v) is 3.76. The summed E-state index contributed by atoms with van der Waals surface area (Å²) in [6.45, 7) is -1.77. The molecular weight excluding hydrogens is 376 g/mol. The highest BCUT2D eigenvalue weighted by molar-refractivity contribution is 5.99. The Labute approximate surface area is 156 Å². The predicted octanol–water partition coefficient (Wildman–Crippen LogP) is 2.64. The molecule has 0 radical (unpaired) electrons. The molecule has 0 aliphatic carbocycles. The van der Waals surface area contributed by atoms with E-state index in [1.807, 2.05) is 0 Å². The highest BCUT2D eigenvalue weighted by atomic mass is 19.3. The molecule has 1 atom stereocenters. The summed E-state index contributed by atoms with van der Waals surface area (Å²) in [5.74, 6) is -1.97. The average Bonchev–Trinajstić information content (AvgIpc) is 3.00. The van der Waals surface area contributed by atoms with E-state index in [-0.39, 0.29) is 17.0 Å². The zero-order chi connectivity index (χ0) is 20.3. The van der Waals surface area contributed by atoms with Crippen molar-refractivity contribution in [3.63, 3.8) is 0 Å². The van der Waals surface area contributed by atoms with Gasteiger partial charge in [-0.1, -0.05) is 12.1 Å². The lowest BCUT2D eigenvalue weighted by Crippen LogP contribution is -2.30. The first kappa shape index (κ1) is 19.1. The van der Waals surface area contributed by atoms with Crippen LogP contribution in [-0.2, 0) is 9.53 Å². The summed E-state index contributed by atoms with van der Waals surface area (Å²) in [6, 6.07) is 10.0. The van der Waals surface area contributed by atoms with E-state index in [2.05, 4.69) is 20.0 Å². The summed E-state index contributed by atoms with van der Waals surface area (Å²) in [5, 5.41) is 2.54. The molecule has 10 heteroatoms. The number of alkyl halides is 2. The molecule has 3 rings (SSSR count). The van der Waals surface area contributed by atoms with Gasteiger partial charge in [0.05, 0.1) is 11.0 Å². The number of hydrogen-bond donors (Lipinski definition) is 3. The molecule has 3 aromatic rings. The maximum absolute atomic E-state index is 12.4. The number of H-pyrrole nitrogens is 2. The molecular formula is C18H15F2N3O5. The zero-order valence-corrected chi connectivity index (χ0v) is 14.5. The molecule has 0 fully saturated rings. The second kappa shape index (κ2) is 7.91. The van der Waals surface area contributed by atoms with Gasteiger partial charge in [0.15, 0.2) is 6.10 Å². The van der Waals surface area contributed by atoms with Crippen molar-refractivity contribution < 1.29 is 27.8 Å². The van der Waals surface area contributed by atoms with Crippen LogP contribution in [0.25, 0.3) is 11.0 Å². The summed E-state index contributed by atoms with van der Waals surface area (Å²) in [5.41, 5.74) is 0.819. The van der Waals surface area contributed by atoms with Crippen LogP contribution < -0.4 is 15.7 Å². The highest BCUT2D eigenvalue weighted by Crippen LogP contribution is 2.22. The summed E-state index contributed by atoms with van der Waals surface area (Å²) in [6.07, 6.45) is -1.21. The molecule has 0 bridgehead atoms. The number of rotatable bonds is 6. The number of esters is 1. The van der Waals surface area contributed by atoms with E-state index >= 15 is 0 Å². The number of para-hydroxylation sites is 1. The fraction of sp³-hybridized carbons (Fsp3) is 0.167. The Balaban J connectivity index is 1.68. The maximum atomic E-state index is 12.4. The van der Waals surface area contributed by atoms with Crippen LogP contribution in [0.4, 0.5) is 14.5 Å². The van der Waals surface area contributed by atoms with Crippen molar-refractivity contribution in [3.05, 3.63) is 58.5 Å². The molecule has 3 N–H and O–H groups in total. The normalized spacial score (nSPS) is 12.0. The number of anilines is 1. The van der Waals surface area contributed by atoms with Gasteiger partial charge in [0.1, 0.15) is 11.3 Å². The Hall–Kier alpha value is -3.69. The van der Waals surface area contributed by atoms with Gasteiger partial charge in [-0.05, 0) is 37.3 Å². The smallest absolute Gasteiger partial charge is 0.387 e. The lowest BCUT2D eigenvalue weighted by Gasteiger charge is -2.15. The quantitative estimate of drug-likeness (QED) is 0.559. The van der Waals surface area contributed by atoms with Gasteiger partial charge in [0.2, 0.25) is 0 Å². The van der Waals surface area contributed by atoms with Crippen molar-refractivity contribution in [2.24, 2.45) is 0 Å². The molecule has 28 heavy (non-hydrogen) atoms. The molecule has 8 nitrogen and oxygen atoms in total. The fourth-order valence-corrected chi connectivity index (χ4v) is 2.47. The van der Waals surface area contributed by atoms with Gasteiger partial charge in [0.25, 0.3) is 5.91 Å². The monoisotopic (exact) mass is 391 g/mol. The van der Waals surface area contributed by atoms with E-state index in [0.29, 0.717) is 16.7 Å². The van der Waals surface area contributed by atoms with Crippen LogP contribution in [0.2, 0.25) is 0 Å². The standard InChI is InChI=1S/C18H15F2N3O5/c1-9(27-16(25)11-4-2-3-5-14(11)28-17(19)20)15(24)21-10-6-7-12-13(8-10)23-18(26)22-12/h2-9,17H,1H3,(H,21,24)(H2,22,23,26)/t9-/m1/s1. The van der Waals surface area contributed by atoms with E-state index < -0.39 is 24.6 Å². The third-order valence-electron chi connectivity index (χ3n) is 3.76. The number of halogens is 2. The number of fused-ring (bicyclic) bond motifs is 1. The summed E-state index contributed by atoms with van der Waals surface area (Å²) in [4.78, 5) is 40.9. The largest absolute Gasteiger partial charge is 0.449 e. The Morgan fingerprint density at radius 2 is 1.79 bits per heavy atom. The van der Waals surface area contributed by atoms with Crippen LogP contribution in [0.5, 0.6) is 5.75 Å². The SMILES string of the molecule is C[C@@H](OC(=O)c1ccccc1OC(F)F)C(=O)Nc1ccc2[nH]c(=O)[nH]c2c1. The van der Waals surface area contributed by atoms with Gasteiger partial charge in [0, 0.05) is 5.69 Å². The summed E-state index contributed by atoms with van der Waals surface area (Å²) in [7, 11) is 0. The molecule has 0 saturated heterocycles. The topological polar surface area (TPSA) is 113 Å². The maximum Gasteiger partial charge on any atom is 0.387 e. The first-order chi connectivity index (χ1) is 13.3. The second-order valence-corrected chi connectivity index (χ2v) is 5.75. The predicted molar refractivity (Wildman–Crippen MR) is 95.5 cm³/mol. The number of aromatic amines is 2. The van der Waals surface area contributed by atoms with Crippen LogP contribution in [0.15, 0.2) is 47.3 Å². The highest BCUT2D eigenvalue weighted by Gasteiger charge is 2.22. The van der Waals surface area contributed by atoms with E-state index in [1.54, 1.807) is 12.1 Å². The second-order valence-electron chi connectivity index (χ2n) is 5.75. The minimum Gasteiger partial charge on any atom is -0.449 e. The number of benzene rings is 2. The average molecular weight is 391 g/mol. The van der Waals surface area contributed by atoms with E-state index in [9.17, 15) is 23.2 Å². The Bertz CT molecular complexity index is 1080. The molecule has 0 spiro atoms. The van der Waals surface area contributed by atoms with Crippen molar-refractivity contribution in [3.8, 4) is 5.75 Å². The lowest BCUT2D eigenvalue weighted by molar-refractivity contribution is -0.123. The van der Waals surface area contributed by atoms with Crippen LogP contribution in [0.3, 0.4) is 0 Å². The van der Waals surface area contributed by atoms with Gasteiger partial charge in [-0.2, -0.15) is 8.78 Å². The van der Waals surface area contributed by atoms with Gasteiger partial charge in [-0.3, -0.25) is 4.79 Å². The van der Waals surface area contributed by atoms with Gasteiger partial charge in [-0.15, -0.1) is 0 Å². The third kappa shape index (κ3) is 4.34. The van der Waals surface area contributed by atoms with Crippen LogP contribution in [0.1, 0.15) is 17.3 Å². The van der Waals surface area contributed by atoms with Gasteiger partial charge < -0.3 is 24.8 Å². The number of imidazole rings is 1. The number of aromatic nitrogens is 2. The van der Waals surface area contributed by atoms with Gasteiger partial charge in [-0.25, -0.2) is 9.59 Å². The van der Waals surface area contributed by atoms with E-state index in [1.165, 1.54) is 37.3 Å². The van der Waals surface area contributed by atoms with E-state index in [0.717, 1.165) is 0 Å². The number of hydrogen-bond acceptors (Lipinski definition) is 5. The zero-order valence-electron chi connectivity index (χ0n) is 14.5. The molecule has 0 unspecified atom stereocenters. The van der Waals surface area contributed by atoms with Crippen molar-refractivity contribution in [2.45, 2.75) is 19.6 Å². The molecule has 1 heterocycles. The minimum atomic E-state index is -3.11. The first-order valence-corrected chi connectivity index (χ1v) is 8.11. The molecule has 0 saturated carbocycles. The van der Waals surface area contributed by atoms with Crippen molar-refractivity contribution in [2.75, 3.05) is 5.32 Å². The molecule has 0 aliphatic heterocycles. The molecule has 1 amide bonds. The minimum absolute atomic E-state index is 0.228. The summed E-state index contributed by atoms with van der Waals surface area (Å²) < 4.78 is 34.2. The Kier molecular flexibility index (Phi) is 5.39. The van der Waals surface area contributed by atoms with Crippen molar-refractivity contribution in [1.82, 2.24) is 9.97 Å². The Morgan fingerprint density at radius 3 is 2.54 bits per heavy atom. The number of ether oxygens (including phenoxy) is 2. The molecule has 146 valence electrons. The van der Waals surface area contributed by atoms with Gasteiger partial charge >= 0.3 is 18.3 Å². The molecule has 1 aromatic heterocycles. The lowest BCUT2D eigenvalue weighted by atomic mass is 10.2. The van der Waals surface area contributed by atoms with Crippen molar-refractivity contribution in [1.29, 1.82) is 0 Å². The summed E-state index contributed by atoms with van der Waals surface area (Å²) >= 11 is 0. The molecule has 0 aliphatic rings. The number of carbonyl (C=O) groups excluding carboxylic acids is 2. The van der Waals surface area contributed by atoms with Crippen molar-refractivity contribution >= 4 is 28.6 Å². The van der Waals surface area contributed by atoms with E-state index in [4.69, 9.17) is 4.74 Å². The number of carbonyl (C=O) groups is 2. The van der Waals surface area contributed by atoms with Crippen LogP contribution in [-0.4, -0.2) is 34.6 Å². The van der Waals surface area contributed by atoms with Crippen LogP contribution >= 0.6 is 0 Å². The molecule has 2 aromatic carbocycles.